The van der Waals surface area contributed by atoms with Crippen LogP contribution < -0.4 is 57.9 Å². The molecule has 13 atom stereocenters. The topological polar surface area (TPSA) is 535 Å². The maximum Gasteiger partial charge on any atom is 0.305 e. The van der Waals surface area contributed by atoms with Gasteiger partial charge in [0.2, 0.25) is 68.8 Å². The first-order chi connectivity index (χ1) is 56.3. The van der Waals surface area contributed by atoms with Crippen molar-refractivity contribution in [2.75, 3.05) is 26.8 Å². The number of carboxylic acid groups (broad SMARTS) is 2. The molecule has 1 saturated heterocycles. The Balaban J connectivity index is 1.07. The van der Waals surface area contributed by atoms with Crippen LogP contribution in [0.1, 0.15) is 107 Å². The molecule has 0 radical (unpaired) electrons. The van der Waals surface area contributed by atoms with Gasteiger partial charge in [-0.25, -0.2) is 13.8 Å². The van der Waals surface area contributed by atoms with Crippen molar-refractivity contribution < 1.29 is 111 Å². The molecule has 0 aliphatic carbocycles. The molecule has 3 heterocycles. The number of H-pyrrole nitrogens is 1. The quantitative estimate of drug-likeness (QED) is 0.0180. The van der Waals surface area contributed by atoms with Gasteiger partial charge >= 0.3 is 11.9 Å². The van der Waals surface area contributed by atoms with Crippen LogP contribution in [0, 0.1) is 18.6 Å². The number of aliphatic hydroxyl groups is 4. The van der Waals surface area contributed by atoms with Gasteiger partial charge in [-0.05, 0) is 152 Å². The summed E-state index contributed by atoms with van der Waals surface area (Å²) in [5, 5.41) is 85.6. The second kappa shape index (κ2) is 43.5. The summed E-state index contributed by atoms with van der Waals surface area (Å²) in [5.41, 5.74) is 1.10. The molecule has 17 N–H and O–H groups in total. The van der Waals surface area contributed by atoms with E-state index < -0.39 is 235 Å². The zero-order valence-corrected chi connectivity index (χ0v) is 68.7. The number of carbonyl (C=O) groups excluding carboxylic acids is 12. The van der Waals surface area contributed by atoms with E-state index in [0.29, 0.717) is 34.7 Å². The van der Waals surface area contributed by atoms with Gasteiger partial charge in [0.1, 0.15) is 82.9 Å². The lowest BCUT2D eigenvalue weighted by atomic mass is 9.89. The highest BCUT2D eigenvalue weighted by molar-refractivity contribution is 14.2. The Morgan fingerprint density at radius 2 is 1.28 bits per heavy atom. The molecule has 2 unspecified atom stereocenters. The number of aromatic nitrogens is 3. The van der Waals surface area contributed by atoms with Crippen molar-refractivity contribution in [3.05, 3.63) is 161 Å². The molecule has 1 aliphatic heterocycles. The highest BCUT2D eigenvalue weighted by Gasteiger charge is 2.49. The number of methoxy groups -OCH3 is 1. The highest BCUT2D eigenvalue weighted by atomic mass is 127. The van der Waals surface area contributed by atoms with Gasteiger partial charge in [0.15, 0.2) is 0 Å². The number of aliphatic carboxylic acids is 2. The number of ether oxygens (including phenoxy) is 1. The smallest absolute Gasteiger partial charge is 0.305 e. The van der Waals surface area contributed by atoms with Crippen LogP contribution in [-0.2, 0) is 99.2 Å². The van der Waals surface area contributed by atoms with E-state index in [0.717, 1.165) is 71.7 Å². The van der Waals surface area contributed by atoms with E-state index >= 15 is 8.78 Å². The summed E-state index contributed by atoms with van der Waals surface area (Å²) >= 11 is -1.42. The Labute approximate surface area is 692 Å². The predicted octanol–water partition coefficient (Wildman–Crippen LogP) is 0.221. The van der Waals surface area contributed by atoms with E-state index in [4.69, 9.17) is 4.74 Å². The fourth-order valence-corrected chi connectivity index (χ4v) is 14.1. The Hall–Kier alpha value is -11.9. The van der Waals surface area contributed by atoms with E-state index in [1.807, 2.05) is 50.2 Å². The molecule has 11 amide bonds. The first-order valence-electron chi connectivity index (χ1n) is 37.9. The standard InChI is InChI=1S/C81H99F2IN14O21/c1-10-48-33-51(119-9)24-25-53(48)49-22-19-46(20-23-49)31-60(72(111)89-59(69(108)84-8)32-47-21-26-57(86-37-47)52-16-12-11-15-42(52)2)90-73(112)61(35-66(106)107)91-74(113)63(40-99)93-75(114)67(43(3)100)96-78(117)80(6,36-54-55(82)17-13-18-56(54)83)97-76(115)68(44(4)101)95-64(103)39-87-71(110)58(27-28-65(104)105)94-79(118)81(7)29-14-30-98(81)77(116)62(92-70(109)45(5)102)34-50-38-85-41-88-50/h11-13,15-26,33,37-38,41,43-45,58-63,67-68,99-102H,8,10,14,27-32,34-36,39-40H2,1-7,9H3,(H,85,88)(H,87,110)(H,89,111)(H,90,112)(H,91,113)(H,92,109)(H,93,114)(H,94,118)(H,95,103)(H,96,117)(H,97,115)(H,104,105)(H,106,107)/t43-,44-,45+,58+,59+,60+,61+,62?,63?,67+,68+,80+,81+/m1/s1. The molecule has 0 saturated carbocycles. The highest BCUT2D eigenvalue weighted by Crippen LogP contribution is 2.33. The van der Waals surface area contributed by atoms with Crippen molar-refractivity contribution in [2.24, 2.45) is 0 Å². The van der Waals surface area contributed by atoms with Crippen molar-refractivity contribution in [3.63, 3.8) is 0 Å². The molecular weight excluding hydrogens is 1670 g/mol. The number of aliphatic hydroxyl groups excluding tert-OH is 4. The molecule has 7 rings (SSSR count). The number of pyridine rings is 1. The lowest BCUT2D eigenvalue weighted by Crippen LogP contribution is -2.67. The normalized spacial score (nSPS) is 16.4. The molecule has 119 heavy (non-hydrogen) atoms. The van der Waals surface area contributed by atoms with Crippen LogP contribution in [0.2, 0.25) is 0 Å². The average molecular weight is 1770 g/mol. The van der Waals surface area contributed by atoms with E-state index in [2.05, 4.69) is 72.6 Å². The Kier molecular flexibility index (Phi) is 34.5. The van der Waals surface area contributed by atoms with Crippen molar-refractivity contribution in [3.8, 4) is 28.1 Å². The average Bonchev–Trinajstić information content (AvgIpc) is 1.71. The van der Waals surface area contributed by atoms with Crippen molar-refractivity contribution in [1.29, 1.82) is 0 Å². The molecule has 2 aromatic heterocycles. The van der Waals surface area contributed by atoms with E-state index in [9.17, 15) is 97.8 Å². The van der Waals surface area contributed by atoms with Crippen LogP contribution in [0.25, 0.3) is 22.4 Å². The van der Waals surface area contributed by atoms with Gasteiger partial charge in [0.25, 0.3) is 0 Å². The summed E-state index contributed by atoms with van der Waals surface area (Å²) < 4.78 is 40.1. The summed E-state index contributed by atoms with van der Waals surface area (Å²) in [6, 6.07) is 11.5. The lowest BCUT2D eigenvalue weighted by molar-refractivity contribution is -0.148. The first kappa shape index (κ1) is 94.3. The lowest BCUT2D eigenvalue weighted by Gasteiger charge is -2.37. The molecule has 38 heteroatoms. The summed E-state index contributed by atoms with van der Waals surface area (Å²) in [7, 11) is 1.54. The van der Waals surface area contributed by atoms with Gasteiger partial charge in [-0.1, -0.05) is 78.2 Å². The summed E-state index contributed by atoms with van der Waals surface area (Å²) in [6.45, 7) is 6.78. The first-order valence-corrected chi connectivity index (χ1v) is 40.5. The molecule has 0 spiro atoms. The van der Waals surface area contributed by atoms with Crippen molar-refractivity contribution in [2.45, 2.75) is 190 Å². The third kappa shape index (κ3) is 26.1. The van der Waals surface area contributed by atoms with Crippen molar-refractivity contribution >= 4 is 106 Å². The third-order valence-electron chi connectivity index (χ3n) is 19.9. The van der Waals surface area contributed by atoms with Crippen LogP contribution in [0.4, 0.5) is 8.78 Å². The predicted molar refractivity (Wildman–Crippen MR) is 434 cm³/mol. The molecule has 640 valence electrons. The number of hydrogen-bond donors (Lipinski definition) is 17. The minimum atomic E-state index is -2.70. The van der Waals surface area contributed by atoms with Crippen molar-refractivity contribution in [1.82, 2.24) is 73.0 Å². The SMILES string of the molecule is C=IC(=O)[C@H](Cc1ccc(-c2ccccc2C)nc1)NC(=O)[C@H](Cc1ccc(-c2ccc(OC)cc2CC)cc1)NC(=O)[C@H](CC(=O)O)NC(=O)C(CO)NC(=O)[C@@H](NC(=O)[C@](C)(Cc1c(F)cccc1F)NC(=O)[C@@H](NC(=O)CNC(=O)[C@H](CCC(=O)O)NC(=O)[C@]1(C)CCCN1C(=O)C(Cc1c[nH]cn1)NC(=O)[C@H](C)O)[C@@H](C)O)[C@@H](C)O. The van der Waals surface area contributed by atoms with Crippen LogP contribution in [0.3, 0.4) is 0 Å². The summed E-state index contributed by atoms with van der Waals surface area (Å²) in [4.78, 5) is 206. The number of amides is 11. The number of carbonyl (C=O) groups is 14. The van der Waals surface area contributed by atoms with Crippen LogP contribution >= 0.6 is 20.7 Å². The van der Waals surface area contributed by atoms with Crippen LogP contribution in [0.5, 0.6) is 5.75 Å². The fourth-order valence-electron chi connectivity index (χ4n) is 13.2. The van der Waals surface area contributed by atoms with Gasteiger partial charge in [-0.15, -0.1) is 0 Å². The molecule has 4 aromatic carbocycles. The Bertz CT molecular complexity index is 4670. The Morgan fingerprint density at radius 1 is 0.664 bits per heavy atom. The van der Waals surface area contributed by atoms with E-state index in [-0.39, 0.29) is 38.6 Å². The number of hydrogen-bond acceptors (Lipinski definition) is 21. The number of carboxylic acids is 2. The number of nitrogens with one attached hydrogen (secondary N) is 11. The van der Waals surface area contributed by atoms with Crippen LogP contribution in [0.15, 0.2) is 116 Å². The number of aryl methyl sites for hydroxylation is 2. The molecule has 1 aliphatic rings. The number of imidazole rings is 1. The molecule has 35 nitrogen and oxygen atoms in total. The largest absolute Gasteiger partial charge is 0.497 e. The van der Waals surface area contributed by atoms with Gasteiger partial charge in [-0.3, -0.25) is 72.1 Å². The molecule has 0 bridgehead atoms. The molecule has 1 fully saturated rings. The fraction of sp³-hybridized carbons (Fsp3) is 0.420. The van der Waals surface area contributed by atoms with Crippen LogP contribution in [-0.4, -0.2) is 240 Å². The second-order valence-electron chi connectivity index (χ2n) is 29.0. The number of nitrogens with zero attached hydrogens (tertiary/aromatic N) is 3. The number of aromatic amines is 1. The second-order valence-corrected chi connectivity index (χ2v) is 30.9. The minimum absolute atomic E-state index is 0.00318. The zero-order valence-electron chi connectivity index (χ0n) is 66.5. The van der Waals surface area contributed by atoms with E-state index in [1.54, 1.807) is 55.8 Å². The van der Waals surface area contributed by atoms with Gasteiger partial charge in [0.05, 0.1) is 56.6 Å². The third-order valence-corrected chi connectivity index (χ3v) is 21.4. The number of benzene rings is 4. The van der Waals surface area contributed by atoms with Gasteiger partial charge in [0, 0.05) is 62.2 Å². The minimum Gasteiger partial charge on any atom is -0.497 e. The van der Waals surface area contributed by atoms with E-state index in [1.165, 1.54) is 26.4 Å². The monoisotopic (exact) mass is 1770 g/mol. The summed E-state index contributed by atoms with van der Waals surface area (Å²) in [6.07, 6.45) is -4.45. The summed E-state index contributed by atoms with van der Waals surface area (Å²) in [5.74, 6) is -18.3. The molecule has 6 aromatic rings. The maximum absolute atomic E-state index is 15.6. The maximum atomic E-state index is 15.6. The molecular formula is C81H99F2IN14O21. The van der Waals surface area contributed by atoms with Gasteiger partial charge < -0.3 is 98.4 Å². The number of halogens is 3. The van der Waals surface area contributed by atoms with Gasteiger partial charge in [-0.2, -0.15) is 0 Å². The number of rotatable bonds is 43. The zero-order chi connectivity index (χ0) is 87.8. The Morgan fingerprint density at radius 3 is 1.87 bits per heavy atom. The number of likely N-dealkylation sites (tertiary alicyclic amines) is 1.